The standard InChI is InChI=1S/C18H26N4OS/c1-20-10-16(9-19-20)11-22-6-7-23-15-18(14-22)4-5-21(13-18)12-17-3-2-8-24-17/h2-3,8-10H,4-7,11-15H2,1H3/t18-/m1/s1. The van der Waals surface area contributed by atoms with Crippen LogP contribution in [-0.4, -0.2) is 59.0 Å². The van der Waals surface area contributed by atoms with Crippen LogP contribution in [0.3, 0.4) is 0 Å². The van der Waals surface area contributed by atoms with E-state index in [9.17, 15) is 0 Å². The van der Waals surface area contributed by atoms with Crippen molar-refractivity contribution in [1.82, 2.24) is 19.6 Å². The number of aromatic nitrogens is 2. The first kappa shape index (κ1) is 16.3. The van der Waals surface area contributed by atoms with Gasteiger partial charge in [0.2, 0.25) is 0 Å². The Bertz CT molecular complexity index is 656. The molecule has 1 spiro atoms. The molecule has 1 atom stereocenters. The number of rotatable bonds is 4. The monoisotopic (exact) mass is 346 g/mol. The van der Waals surface area contributed by atoms with E-state index < -0.39 is 0 Å². The molecule has 2 aromatic heterocycles. The molecule has 130 valence electrons. The number of hydrogen-bond donors (Lipinski definition) is 0. The van der Waals surface area contributed by atoms with E-state index in [1.165, 1.54) is 23.4 Å². The zero-order valence-corrected chi connectivity index (χ0v) is 15.2. The van der Waals surface area contributed by atoms with Gasteiger partial charge in [-0.15, -0.1) is 11.3 Å². The van der Waals surface area contributed by atoms with E-state index >= 15 is 0 Å². The molecule has 0 N–H and O–H groups in total. The number of aryl methyl sites for hydroxylation is 1. The maximum absolute atomic E-state index is 6.00. The number of likely N-dealkylation sites (tertiary alicyclic amines) is 1. The molecule has 0 radical (unpaired) electrons. The second-order valence-corrected chi connectivity index (χ2v) is 8.36. The van der Waals surface area contributed by atoms with Crippen LogP contribution in [0.5, 0.6) is 0 Å². The van der Waals surface area contributed by atoms with Crippen LogP contribution in [0.1, 0.15) is 16.9 Å². The molecule has 0 aliphatic carbocycles. The summed E-state index contributed by atoms with van der Waals surface area (Å²) in [7, 11) is 1.98. The maximum Gasteiger partial charge on any atom is 0.0593 e. The van der Waals surface area contributed by atoms with Crippen molar-refractivity contribution in [2.24, 2.45) is 12.5 Å². The highest BCUT2D eigenvalue weighted by Crippen LogP contribution is 2.34. The fourth-order valence-electron chi connectivity index (χ4n) is 4.06. The van der Waals surface area contributed by atoms with Crippen molar-refractivity contribution in [3.05, 3.63) is 40.3 Å². The molecule has 24 heavy (non-hydrogen) atoms. The summed E-state index contributed by atoms with van der Waals surface area (Å²) in [5.74, 6) is 0. The molecule has 0 bridgehead atoms. The lowest BCUT2D eigenvalue weighted by molar-refractivity contribution is 0.0707. The van der Waals surface area contributed by atoms with Crippen molar-refractivity contribution in [2.45, 2.75) is 19.5 Å². The fourth-order valence-corrected chi connectivity index (χ4v) is 4.81. The van der Waals surface area contributed by atoms with E-state index in [4.69, 9.17) is 4.74 Å². The van der Waals surface area contributed by atoms with Gasteiger partial charge in [-0.3, -0.25) is 14.5 Å². The van der Waals surface area contributed by atoms with Gasteiger partial charge >= 0.3 is 0 Å². The smallest absolute Gasteiger partial charge is 0.0593 e. The second kappa shape index (κ2) is 6.96. The highest BCUT2D eigenvalue weighted by atomic mass is 32.1. The largest absolute Gasteiger partial charge is 0.379 e. The van der Waals surface area contributed by atoms with Crippen LogP contribution in [0, 0.1) is 5.41 Å². The van der Waals surface area contributed by atoms with Crippen LogP contribution in [0.25, 0.3) is 0 Å². The molecule has 4 rings (SSSR count). The minimum absolute atomic E-state index is 0.288. The molecule has 2 fully saturated rings. The Balaban J connectivity index is 1.40. The molecule has 0 saturated carbocycles. The first-order valence-corrected chi connectivity index (χ1v) is 9.61. The summed E-state index contributed by atoms with van der Waals surface area (Å²) in [6, 6.07) is 4.39. The van der Waals surface area contributed by atoms with Gasteiger partial charge in [-0.2, -0.15) is 5.10 Å². The van der Waals surface area contributed by atoms with Crippen molar-refractivity contribution in [1.29, 1.82) is 0 Å². The minimum atomic E-state index is 0.288. The van der Waals surface area contributed by atoms with E-state index in [0.717, 1.165) is 45.9 Å². The summed E-state index contributed by atoms with van der Waals surface area (Å²) in [6.07, 6.45) is 5.34. The van der Waals surface area contributed by atoms with Crippen LogP contribution in [0.15, 0.2) is 29.9 Å². The highest BCUT2D eigenvalue weighted by molar-refractivity contribution is 7.09. The van der Waals surface area contributed by atoms with Crippen molar-refractivity contribution in [2.75, 3.05) is 39.4 Å². The quantitative estimate of drug-likeness (QED) is 0.850. The first-order valence-electron chi connectivity index (χ1n) is 8.73. The Morgan fingerprint density at radius 2 is 2.12 bits per heavy atom. The number of hydrogen-bond acceptors (Lipinski definition) is 5. The summed E-state index contributed by atoms with van der Waals surface area (Å²) in [5, 5.41) is 6.47. The van der Waals surface area contributed by atoms with Gasteiger partial charge in [-0.05, 0) is 24.4 Å². The van der Waals surface area contributed by atoms with Crippen molar-refractivity contribution < 1.29 is 4.74 Å². The van der Waals surface area contributed by atoms with Crippen molar-refractivity contribution in [3.63, 3.8) is 0 Å². The van der Waals surface area contributed by atoms with Crippen molar-refractivity contribution in [3.8, 4) is 0 Å². The van der Waals surface area contributed by atoms with E-state index in [-0.39, 0.29) is 5.41 Å². The number of thiophene rings is 1. The lowest BCUT2D eigenvalue weighted by atomic mass is 9.87. The molecule has 0 amide bonds. The summed E-state index contributed by atoms with van der Waals surface area (Å²) in [6.45, 7) is 8.27. The Hall–Kier alpha value is -1.21. The molecule has 0 unspecified atom stereocenters. The van der Waals surface area contributed by atoms with Gasteiger partial charge in [0.15, 0.2) is 0 Å². The first-order chi connectivity index (χ1) is 11.7. The Labute approximate surface area is 147 Å². The zero-order chi connectivity index (χ0) is 16.4. The molecule has 4 heterocycles. The second-order valence-electron chi connectivity index (χ2n) is 7.33. The van der Waals surface area contributed by atoms with Crippen LogP contribution >= 0.6 is 11.3 Å². The Morgan fingerprint density at radius 3 is 2.88 bits per heavy atom. The van der Waals surface area contributed by atoms with E-state index in [2.05, 4.69) is 38.6 Å². The average molecular weight is 347 g/mol. The van der Waals surface area contributed by atoms with Gasteiger partial charge in [0.1, 0.15) is 0 Å². The molecular formula is C18H26N4OS. The third kappa shape index (κ3) is 3.72. The molecular weight excluding hydrogens is 320 g/mol. The fraction of sp³-hybridized carbons (Fsp3) is 0.611. The maximum atomic E-state index is 6.00. The van der Waals surface area contributed by atoms with E-state index in [1.54, 1.807) is 0 Å². The SMILES string of the molecule is Cn1cc(CN2CCOC[C@@]3(CCN(Cc4cccs4)C3)C2)cn1. The van der Waals surface area contributed by atoms with E-state index in [0.29, 0.717) is 0 Å². The normalized spacial score (nSPS) is 26.2. The highest BCUT2D eigenvalue weighted by Gasteiger charge is 2.41. The summed E-state index contributed by atoms with van der Waals surface area (Å²) >= 11 is 1.86. The average Bonchev–Trinajstić information content (AvgIpc) is 3.25. The molecule has 2 aliphatic heterocycles. The molecule has 5 nitrogen and oxygen atoms in total. The van der Waals surface area contributed by atoms with Gasteiger partial charge in [-0.25, -0.2) is 0 Å². The lowest BCUT2D eigenvalue weighted by Gasteiger charge is -2.31. The van der Waals surface area contributed by atoms with Gasteiger partial charge < -0.3 is 4.74 Å². The summed E-state index contributed by atoms with van der Waals surface area (Å²) in [4.78, 5) is 6.62. The number of nitrogens with zero attached hydrogens (tertiary/aromatic N) is 4. The Morgan fingerprint density at radius 1 is 1.25 bits per heavy atom. The molecule has 2 aromatic rings. The third-order valence-electron chi connectivity index (χ3n) is 5.16. The van der Waals surface area contributed by atoms with Gasteiger partial charge in [0.25, 0.3) is 0 Å². The summed E-state index contributed by atoms with van der Waals surface area (Å²) < 4.78 is 7.89. The van der Waals surface area contributed by atoms with Crippen molar-refractivity contribution >= 4 is 11.3 Å². The lowest BCUT2D eigenvalue weighted by Crippen LogP contribution is -2.40. The third-order valence-corrected chi connectivity index (χ3v) is 6.02. The molecule has 0 aromatic carbocycles. The van der Waals surface area contributed by atoms with Crippen LogP contribution in [0.4, 0.5) is 0 Å². The molecule has 6 heteroatoms. The van der Waals surface area contributed by atoms with Crippen LogP contribution in [-0.2, 0) is 24.9 Å². The minimum Gasteiger partial charge on any atom is -0.379 e. The zero-order valence-electron chi connectivity index (χ0n) is 14.4. The topological polar surface area (TPSA) is 33.5 Å². The predicted octanol–water partition coefficient (Wildman–Crippen LogP) is 2.21. The summed E-state index contributed by atoms with van der Waals surface area (Å²) in [5.41, 5.74) is 1.58. The van der Waals surface area contributed by atoms with Gasteiger partial charge in [-0.1, -0.05) is 6.07 Å². The van der Waals surface area contributed by atoms with Crippen LogP contribution < -0.4 is 0 Å². The van der Waals surface area contributed by atoms with Gasteiger partial charge in [0.05, 0.1) is 19.4 Å². The van der Waals surface area contributed by atoms with Crippen LogP contribution in [0.2, 0.25) is 0 Å². The molecule has 2 aliphatic rings. The van der Waals surface area contributed by atoms with Gasteiger partial charge in [0, 0.05) is 61.8 Å². The Kier molecular flexibility index (Phi) is 4.72. The number of ether oxygens (including phenoxy) is 1. The predicted molar refractivity (Wildman–Crippen MR) is 96.0 cm³/mol. The molecule has 2 saturated heterocycles. The van der Waals surface area contributed by atoms with E-state index in [1.807, 2.05) is 29.3 Å².